The molecule has 0 saturated carbocycles. The summed E-state index contributed by atoms with van der Waals surface area (Å²) in [6.45, 7) is 2.62. The van der Waals surface area contributed by atoms with Gasteiger partial charge in [0.05, 0.1) is 35.5 Å². The number of carbonyl (C=O) groups is 1. The Morgan fingerprint density at radius 2 is 1.89 bits per heavy atom. The van der Waals surface area contributed by atoms with Crippen molar-refractivity contribution in [3.05, 3.63) is 89.2 Å². The largest absolute Gasteiger partial charge is 0.494 e. The molecule has 0 radical (unpaired) electrons. The molecule has 0 atom stereocenters. The molecule has 8 heteroatoms. The third-order valence-corrected chi connectivity index (χ3v) is 7.15. The molecule has 5 aromatic rings. The average Bonchev–Trinajstić information content (AvgIpc) is 3.34. The van der Waals surface area contributed by atoms with Crippen LogP contribution in [0.1, 0.15) is 22.8 Å². The van der Waals surface area contributed by atoms with E-state index in [4.69, 9.17) is 26.1 Å². The van der Waals surface area contributed by atoms with Gasteiger partial charge in [0.25, 0.3) is 5.91 Å². The Hall–Kier alpha value is -3.68. The number of carbonyl (C=O) groups excluding carboxylic acids is 1. The second-order valence-corrected chi connectivity index (χ2v) is 9.15. The Labute approximate surface area is 211 Å². The van der Waals surface area contributed by atoms with Crippen molar-refractivity contribution in [3.8, 4) is 11.5 Å². The summed E-state index contributed by atoms with van der Waals surface area (Å²) in [7, 11) is 1.59. The van der Waals surface area contributed by atoms with Crippen molar-refractivity contribution in [1.82, 2.24) is 9.97 Å². The van der Waals surface area contributed by atoms with E-state index in [9.17, 15) is 4.79 Å². The van der Waals surface area contributed by atoms with E-state index in [0.717, 1.165) is 21.0 Å². The zero-order valence-electron chi connectivity index (χ0n) is 19.2. The molecule has 6 nitrogen and oxygen atoms in total. The van der Waals surface area contributed by atoms with E-state index in [1.807, 2.05) is 55.5 Å². The summed E-state index contributed by atoms with van der Waals surface area (Å²) in [5.74, 6) is 0.910. The van der Waals surface area contributed by atoms with Crippen LogP contribution in [0.5, 0.6) is 11.5 Å². The van der Waals surface area contributed by atoms with Crippen LogP contribution in [0.4, 0.5) is 5.13 Å². The summed E-state index contributed by atoms with van der Waals surface area (Å²) in [5.41, 5.74) is 1.98. The first-order valence-corrected chi connectivity index (χ1v) is 12.3. The maximum absolute atomic E-state index is 14.3. The van der Waals surface area contributed by atoms with E-state index in [0.29, 0.717) is 39.3 Å². The third kappa shape index (κ3) is 4.40. The zero-order chi connectivity index (χ0) is 24.4. The van der Waals surface area contributed by atoms with E-state index in [2.05, 4.69) is 4.98 Å². The molecule has 0 saturated heterocycles. The standard InChI is InChI=1S/C27H22ClN3O3S/c1-3-34-21-12-10-18-8-4-5-9-19(18)23(21)26(32)31(16-17-7-6-14-29-15-17)27-30-24-22(33-2)13-11-20(28)25(24)35-27/h4-15H,3,16H2,1-2H3. The lowest BCUT2D eigenvalue weighted by molar-refractivity contribution is 0.0983. The molecule has 0 aliphatic rings. The van der Waals surface area contributed by atoms with E-state index < -0.39 is 0 Å². The van der Waals surface area contributed by atoms with Gasteiger partial charge in [-0.05, 0) is 47.5 Å². The minimum absolute atomic E-state index is 0.219. The second kappa shape index (κ2) is 9.90. The first kappa shape index (κ1) is 23.1. The molecular weight excluding hydrogens is 482 g/mol. The molecule has 2 aromatic heterocycles. The van der Waals surface area contributed by atoms with E-state index >= 15 is 0 Å². The summed E-state index contributed by atoms with van der Waals surface area (Å²) in [4.78, 5) is 25.0. The van der Waals surface area contributed by atoms with Crippen LogP contribution in [0.25, 0.3) is 21.0 Å². The smallest absolute Gasteiger partial charge is 0.264 e. The van der Waals surface area contributed by atoms with Gasteiger partial charge in [-0.2, -0.15) is 0 Å². The predicted octanol–water partition coefficient (Wildman–Crippen LogP) is 6.75. The molecule has 2 heterocycles. The van der Waals surface area contributed by atoms with Gasteiger partial charge in [0.15, 0.2) is 5.13 Å². The van der Waals surface area contributed by atoms with Crippen LogP contribution in [-0.4, -0.2) is 29.6 Å². The molecule has 0 spiro atoms. The normalized spacial score (nSPS) is 11.1. The number of halogens is 1. The first-order valence-electron chi connectivity index (χ1n) is 11.1. The van der Waals surface area contributed by atoms with Crippen molar-refractivity contribution >= 4 is 55.0 Å². The topological polar surface area (TPSA) is 64.5 Å². The van der Waals surface area contributed by atoms with Gasteiger partial charge in [-0.3, -0.25) is 14.7 Å². The summed E-state index contributed by atoms with van der Waals surface area (Å²) >= 11 is 7.84. The number of hydrogen-bond donors (Lipinski definition) is 0. The summed E-state index contributed by atoms with van der Waals surface area (Å²) in [5, 5.41) is 2.83. The SMILES string of the molecule is CCOc1ccc2ccccc2c1C(=O)N(Cc1cccnc1)c1nc2c(OC)ccc(Cl)c2s1. The maximum atomic E-state index is 14.3. The van der Waals surface area contributed by atoms with Crippen LogP contribution < -0.4 is 14.4 Å². The van der Waals surface area contributed by atoms with Gasteiger partial charge in [0, 0.05) is 12.4 Å². The van der Waals surface area contributed by atoms with Gasteiger partial charge >= 0.3 is 0 Å². The van der Waals surface area contributed by atoms with Crippen molar-refractivity contribution in [1.29, 1.82) is 0 Å². The average molecular weight is 504 g/mol. The lowest BCUT2D eigenvalue weighted by Crippen LogP contribution is -2.31. The monoisotopic (exact) mass is 503 g/mol. The highest BCUT2D eigenvalue weighted by Gasteiger charge is 2.27. The van der Waals surface area contributed by atoms with E-state index in [-0.39, 0.29) is 12.5 Å². The Morgan fingerprint density at radius 1 is 1.06 bits per heavy atom. The molecular formula is C27H22ClN3O3S. The molecule has 0 fully saturated rings. The number of rotatable bonds is 7. The number of ether oxygens (including phenoxy) is 2. The highest BCUT2D eigenvalue weighted by molar-refractivity contribution is 7.23. The van der Waals surface area contributed by atoms with Crippen LogP contribution in [0.15, 0.2) is 73.1 Å². The molecule has 35 heavy (non-hydrogen) atoms. The summed E-state index contributed by atoms with van der Waals surface area (Å²) in [6.07, 6.45) is 3.45. The molecule has 176 valence electrons. The number of pyridine rings is 1. The third-order valence-electron chi connectivity index (χ3n) is 5.61. The number of fused-ring (bicyclic) bond motifs is 2. The Balaban J connectivity index is 1.71. The van der Waals surface area contributed by atoms with Crippen molar-refractivity contribution in [2.24, 2.45) is 0 Å². The van der Waals surface area contributed by atoms with Gasteiger partial charge in [0.2, 0.25) is 0 Å². The summed E-state index contributed by atoms with van der Waals surface area (Å²) < 4.78 is 12.2. The highest BCUT2D eigenvalue weighted by atomic mass is 35.5. The number of aromatic nitrogens is 2. The number of nitrogens with zero attached hydrogens (tertiary/aromatic N) is 3. The number of thiazole rings is 1. The van der Waals surface area contributed by atoms with Crippen LogP contribution in [0.2, 0.25) is 5.02 Å². The van der Waals surface area contributed by atoms with Crippen LogP contribution >= 0.6 is 22.9 Å². The fraction of sp³-hybridized carbons (Fsp3) is 0.148. The van der Waals surface area contributed by atoms with Crippen molar-refractivity contribution in [3.63, 3.8) is 0 Å². The molecule has 3 aromatic carbocycles. The van der Waals surface area contributed by atoms with Crippen LogP contribution in [0.3, 0.4) is 0 Å². The second-order valence-electron chi connectivity index (χ2n) is 7.77. The van der Waals surface area contributed by atoms with Crippen LogP contribution in [0, 0.1) is 0 Å². The summed E-state index contributed by atoms with van der Waals surface area (Å²) in [6, 6.07) is 18.9. The number of benzene rings is 3. The van der Waals surface area contributed by atoms with Crippen molar-refractivity contribution in [2.75, 3.05) is 18.6 Å². The fourth-order valence-corrected chi connectivity index (χ4v) is 5.26. The molecule has 0 unspecified atom stereocenters. The quantitative estimate of drug-likeness (QED) is 0.246. The number of anilines is 1. The highest BCUT2D eigenvalue weighted by Crippen LogP contribution is 2.40. The van der Waals surface area contributed by atoms with Gasteiger partial charge in [-0.15, -0.1) is 0 Å². The van der Waals surface area contributed by atoms with Gasteiger partial charge in [-0.25, -0.2) is 4.98 Å². The first-order chi connectivity index (χ1) is 17.1. The van der Waals surface area contributed by atoms with E-state index in [1.165, 1.54) is 11.3 Å². The van der Waals surface area contributed by atoms with Crippen molar-refractivity contribution < 1.29 is 14.3 Å². The van der Waals surface area contributed by atoms with E-state index in [1.54, 1.807) is 36.5 Å². The molecule has 0 bridgehead atoms. The molecule has 0 aliphatic heterocycles. The number of amides is 1. The minimum Gasteiger partial charge on any atom is -0.494 e. The lowest BCUT2D eigenvalue weighted by atomic mass is 10.0. The van der Waals surface area contributed by atoms with Crippen LogP contribution in [-0.2, 0) is 6.54 Å². The lowest BCUT2D eigenvalue weighted by Gasteiger charge is -2.22. The Kier molecular flexibility index (Phi) is 6.53. The van der Waals surface area contributed by atoms with Gasteiger partial charge in [-0.1, -0.05) is 59.3 Å². The molecule has 1 amide bonds. The Morgan fingerprint density at radius 3 is 2.66 bits per heavy atom. The van der Waals surface area contributed by atoms with Crippen molar-refractivity contribution in [2.45, 2.75) is 13.5 Å². The zero-order valence-corrected chi connectivity index (χ0v) is 20.8. The Bertz CT molecular complexity index is 1520. The fourth-order valence-electron chi connectivity index (χ4n) is 4.00. The predicted molar refractivity (Wildman–Crippen MR) is 141 cm³/mol. The molecule has 0 N–H and O–H groups in total. The minimum atomic E-state index is -0.219. The van der Waals surface area contributed by atoms with Gasteiger partial charge < -0.3 is 9.47 Å². The molecule has 5 rings (SSSR count). The maximum Gasteiger partial charge on any atom is 0.264 e. The number of hydrogen-bond acceptors (Lipinski definition) is 6. The molecule has 0 aliphatic carbocycles. The van der Waals surface area contributed by atoms with Gasteiger partial charge in [0.1, 0.15) is 17.0 Å². The number of methoxy groups -OCH3 is 1.